The van der Waals surface area contributed by atoms with Crippen molar-refractivity contribution >= 4 is 5.97 Å². The van der Waals surface area contributed by atoms with E-state index in [2.05, 4.69) is 11.8 Å². The van der Waals surface area contributed by atoms with Gasteiger partial charge in [0.15, 0.2) is 6.10 Å². The lowest BCUT2D eigenvalue weighted by Crippen LogP contribution is -2.46. The number of nitrogens with zero attached hydrogens (tertiary/aromatic N) is 1. The Morgan fingerprint density at radius 2 is 2.28 bits per heavy atom. The summed E-state index contributed by atoms with van der Waals surface area (Å²) in [7, 11) is 0. The Bertz CT molecular complexity index is 440. The molecule has 5 heteroatoms. The molecule has 0 aromatic carbocycles. The van der Waals surface area contributed by atoms with Crippen molar-refractivity contribution in [3.05, 3.63) is 23.2 Å². The maximum Gasteiger partial charge on any atom is 0.334 e. The molecule has 2 heterocycles. The maximum absolute atomic E-state index is 11.0. The van der Waals surface area contributed by atoms with E-state index < -0.39 is 12.1 Å². The minimum atomic E-state index is -0.896. The Labute approximate surface area is 106 Å². The Balaban J connectivity index is 2.11. The number of carboxylic acid groups (broad SMARTS) is 1. The van der Waals surface area contributed by atoms with E-state index in [-0.39, 0.29) is 6.04 Å². The van der Waals surface area contributed by atoms with Gasteiger partial charge in [-0.3, -0.25) is 4.90 Å². The second kappa shape index (κ2) is 5.12. The summed E-state index contributed by atoms with van der Waals surface area (Å²) in [6.45, 7) is 7.55. The molecule has 1 aromatic rings. The second-order valence-corrected chi connectivity index (χ2v) is 4.74. The zero-order valence-electron chi connectivity index (χ0n) is 11.0. The van der Waals surface area contributed by atoms with E-state index in [0.717, 1.165) is 23.6 Å². The molecule has 0 saturated carbocycles. The predicted octanol–water partition coefficient (Wildman–Crippen LogP) is 1.74. The number of ether oxygens (including phenoxy) is 1. The van der Waals surface area contributed by atoms with Gasteiger partial charge in [-0.1, -0.05) is 0 Å². The molecule has 2 atom stereocenters. The van der Waals surface area contributed by atoms with E-state index >= 15 is 0 Å². The minimum absolute atomic E-state index is 0.146. The summed E-state index contributed by atoms with van der Waals surface area (Å²) in [5.74, 6) is 0.891. The minimum Gasteiger partial charge on any atom is -0.479 e. The second-order valence-electron chi connectivity index (χ2n) is 4.74. The lowest BCUT2D eigenvalue weighted by molar-refractivity contribution is -0.157. The largest absolute Gasteiger partial charge is 0.479 e. The van der Waals surface area contributed by atoms with Gasteiger partial charge in [0, 0.05) is 24.7 Å². The average molecular weight is 253 g/mol. The van der Waals surface area contributed by atoms with E-state index in [1.807, 2.05) is 19.9 Å². The standard InChI is InChI=1S/C13H19NO4/c1-8-6-11(10(3)18-8)9(2)14-4-5-17-12(7-14)13(15)16/h6,9,12H,4-5,7H2,1-3H3,(H,15,16). The molecule has 0 aliphatic carbocycles. The molecule has 5 nitrogen and oxygen atoms in total. The molecule has 0 radical (unpaired) electrons. The van der Waals surface area contributed by atoms with Crippen molar-refractivity contribution in [1.82, 2.24) is 4.90 Å². The number of rotatable bonds is 3. The van der Waals surface area contributed by atoms with Gasteiger partial charge in [0.25, 0.3) is 0 Å². The first-order valence-corrected chi connectivity index (χ1v) is 6.14. The van der Waals surface area contributed by atoms with Crippen LogP contribution in [0.1, 0.15) is 30.0 Å². The number of furan rings is 1. The van der Waals surface area contributed by atoms with Crippen molar-refractivity contribution in [2.24, 2.45) is 0 Å². The van der Waals surface area contributed by atoms with Crippen LogP contribution < -0.4 is 0 Å². The van der Waals surface area contributed by atoms with Crippen molar-refractivity contribution in [2.75, 3.05) is 19.7 Å². The highest BCUT2D eigenvalue weighted by molar-refractivity contribution is 5.72. The average Bonchev–Trinajstić information content (AvgIpc) is 2.67. The number of hydrogen-bond donors (Lipinski definition) is 1. The third kappa shape index (κ3) is 2.57. The third-order valence-electron chi connectivity index (χ3n) is 3.45. The highest BCUT2D eigenvalue weighted by Crippen LogP contribution is 2.27. The summed E-state index contributed by atoms with van der Waals surface area (Å²) in [4.78, 5) is 13.1. The van der Waals surface area contributed by atoms with Crippen LogP contribution in [0.4, 0.5) is 0 Å². The fourth-order valence-corrected chi connectivity index (χ4v) is 2.43. The zero-order valence-corrected chi connectivity index (χ0v) is 11.0. The fourth-order valence-electron chi connectivity index (χ4n) is 2.43. The molecule has 0 amide bonds. The molecule has 0 bridgehead atoms. The number of carbonyl (C=O) groups is 1. The van der Waals surface area contributed by atoms with Crippen LogP contribution in [0.2, 0.25) is 0 Å². The lowest BCUT2D eigenvalue weighted by Gasteiger charge is -2.35. The molecule has 2 unspecified atom stereocenters. The molecule has 1 fully saturated rings. The van der Waals surface area contributed by atoms with Crippen LogP contribution in [-0.4, -0.2) is 41.8 Å². The molecule has 2 rings (SSSR count). The molecule has 1 N–H and O–H groups in total. The normalized spacial score (nSPS) is 22.9. The smallest absolute Gasteiger partial charge is 0.334 e. The van der Waals surface area contributed by atoms with Gasteiger partial charge in [-0.2, -0.15) is 0 Å². The van der Waals surface area contributed by atoms with Crippen LogP contribution >= 0.6 is 0 Å². The zero-order chi connectivity index (χ0) is 13.3. The number of carboxylic acids is 1. The maximum atomic E-state index is 11.0. The van der Waals surface area contributed by atoms with Gasteiger partial charge in [-0.05, 0) is 26.8 Å². The van der Waals surface area contributed by atoms with Crippen LogP contribution in [0.15, 0.2) is 10.5 Å². The van der Waals surface area contributed by atoms with Crippen LogP contribution in [0.25, 0.3) is 0 Å². The first-order valence-electron chi connectivity index (χ1n) is 6.14. The van der Waals surface area contributed by atoms with Crippen molar-refractivity contribution < 1.29 is 19.1 Å². The first-order chi connectivity index (χ1) is 8.49. The van der Waals surface area contributed by atoms with Crippen molar-refractivity contribution in [2.45, 2.75) is 32.9 Å². The van der Waals surface area contributed by atoms with Gasteiger partial charge in [0.2, 0.25) is 0 Å². The Morgan fingerprint density at radius 1 is 1.56 bits per heavy atom. The predicted molar refractivity (Wildman–Crippen MR) is 65.5 cm³/mol. The van der Waals surface area contributed by atoms with Crippen molar-refractivity contribution in [1.29, 1.82) is 0 Å². The Kier molecular flexibility index (Phi) is 3.73. The fraction of sp³-hybridized carbons (Fsp3) is 0.615. The number of hydrogen-bond acceptors (Lipinski definition) is 4. The molecule has 1 aliphatic rings. The van der Waals surface area contributed by atoms with Gasteiger partial charge < -0.3 is 14.3 Å². The summed E-state index contributed by atoms with van der Waals surface area (Å²) >= 11 is 0. The molecule has 0 spiro atoms. The van der Waals surface area contributed by atoms with E-state index in [1.165, 1.54) is 0 Å². The van der Waals surface area contributed by atoms with E-state index in [1.54, 1.807) is 0 Å². The van der Waals surface area contributed by atoms with Gasteiger partial charge >= 0.3 is 5.97 Å². The molecule has 1 saturated heterocycles. The van der Waals surface area contributed by atoms with E-state index in [9.17, 15) is 4.79 Å². The van der Waals surface area contributed by atoms with Crippen LogP contribution in [0.5, 0.6) is 0 Å². The summed E-state index contributed by atoms with van der Waals surface area (Å²) < 4.78 is 10.8. The van der Waals surface area contributed by atoms with E-state index in [4.69, 9.17) is 14.3 Å². The monoisotopic (exact) mass is 253 g/mol. The van der Waals surface area contributed by atoms with Gasteiger partial charge in [-0.15, -0.1) is 0 Å². The molecule has 1 aromatic heterocycles. The summed E-state index contributed by atoms with van der Waals surface area (Å²) in [5, 5.41) is 9.00. The van der Waals surface area contributed by atoms with Crippen LogP contribution in [-0.2, 0) is 9.53 Å². The van der Waals surface area contributed by atoms with Crippen LogP contribution in [0.3, 0.4) is 0 Å². The number of aryl methyl sites for hydroxylation is 2. The summed E-state index contributed by atoms with van der Waals surface area (Å²) in [6, 6.07) is 2.17. The molecular weight excluding hydrogens is 234 g/mol. The topological polar surface area (TPSA) is 62.9 Å². The Morgan fingerprint density at radius 3 is 2.83 bits per heavy atom. The Hall–Kier alpha value is -1.33. The van der Waals surface area contributed by atoms with Crippen LogP contribution in [0, 0.1) is 13.8 Å². The molecule has 1 aliphatic heterocycles. The third-order valence-corrected chi connectivity index (χ3v) is 3.45. The SMILES string of the molecule is Cc1cc(C(C)N2CCOC(C(=O)O)C2)c(C)o1. The summed E-state index contributed by atoms with van der Waals surface area (Å²) in [6.07, 6.45) is -0.727. The van der Waals surface area contributed by atoms with Crippen molar-refractivity contribution in [3.63, 3.8) is 0 Å². The molecule has 100 valence electrons. The van der Waals surface area contributed by atoms with E-state index in [0.29, 0.717) is 13.2 Å². The summed E-state index contributed by atoms with van der Waals surface area (Å²) in [5.41, 5.74) is 1.12. The highest BCUT2D eigenvalue weighted by atomic mass is 16.5. The first kappa shape index (κ1) is 13.1. The molecular formula is C13H19NO4. The molecule has 18 heavy (non-hydrogen) atoms. The van der Waals surface area contributed by atoms with Gasteiger partial charge in [0.05, 0.1) is 6.61 Å². The van der Waals surface area contributed by atoms with Crippen molar-refractivity contribution in [3.8, 4) is 0 Å². The van der Waals surface area contributed by atoms with Gasteiger partial charge in [-0.25, -0.2) is 4.79 Å². The quantitative estimate of drug-likeness (QED) is 0.889. The number of aliphatic carboxylic acids is 1. The highest BCUT2D eigenvalue weighted by Gasteiger charge is 2.30. The number of morpholine rings is 1. The lowest BCUT2D eigenvalue weighted by atomic mass is 10.1. The van der Waals surface area contributed by atoms with Gasteiger partial charge in [0.1, 0.15) is 11.5 Å².